The van der Waals surface area contributed by atoms with Crippen molar-refractivity contribution in [2.75, 3.05) is 19.7 Å². The zero-order valence-corrected chi connectivity index (χ0v) is 8.94. The van der Waals surface area contributed by atoms with Crippen LogP contribution in [0.25, 0.3) is 0 Å². The third-order valence-corrected chi connectivity index (χ3v) is 2.49. The largest absolute Gasteiger partial charge is 0.481 e. The van der Waals surface area contributed by atoms with Crippen LogP contribution in [0.1, 0.15) is 26.2 Å². The van der Waals surface area contributed by atoms with Crippen LogP contribution < -0.4 is 0 Å². The van der Waals surface area contributed by atoms with E-state index in [-0.39, 0.29) is 25.0 Å². The first-order chi connectivity index (χ1) is 7.15. The number of carboxylic acid groups (broad SMARTS) is 1. The van der Waals surface area contributed by atoms with Crippen molar-refractivity contribution in [3.8, 4) is 0 Å². The number of hydrogen-bond acceptors (Lipinski definition) is 3. The van der Waals surface area contributed by atoms with Crippen molar-refractivity contribution >= 4 is 11.9 Å². The number of amides is 1. The Morgan fingerprint density at radius 1 is 1.53 bits per heavy atom. The minimum Gasteiger partial charge on any atom is -0.481 e. The lowest BCUT2D eigenvalue weighted by atomic mass is 10.2. The van der Waals surface area contributed by atoms with E-state index in [1.54, 1.807) is 4.90 Å². The van der Waals surface area contributed by atoms with Crippen molar-refractivity contribution in [3.63, 3.8) is 0 Å². The minimum atomic E-state index is -0.881. The standard InChI is InChI=1S/C10H17NO4/c1-2-11(6-5-9(12)13)10(14)8-4-3-7-15-8/h8H,2-7H2,1H3,(H,12,13)/t8-/m1/s1. The average molecular weight is 215 g/mol. The molecule has 0 aliphatic carbocycles. The monoisotopic (exact) mass is 215 g/mol. The lowest BCUT2D eigenvalue weighted by Crippen LogP contribution is -2.39. The van der Waals surface area contributed by atoms with Gasteiger partial charge in [0, 0.05) is 19.7 Å². The number of carbonyl (C=O) groups excluding carboxylic acids is 1. The molecular formula is C10H17NO4. The van der Waals surface area contributed by atoms with Gasteiger partial charge in [0.25, 0.3) is 5.91 Å². The van der Waals surface area contributed by atoms with Crippen LogP contribution in [0.2, 0.25) is 0 Å². The number of ether oxygens (including phenoxy) is 1. The number of carbonyl (C=O) groups is 2. The number of rotatable bonds is 5. The molecule has 0 saturated carbocycles. The quantitative estimate of drug-likeness (QED) is 0.724. The van der Waals surface area contributed by atoms with Crippen LogP contribution in [0.4, 0.5) is 0 Å². The molecule has 86 valence electrons. The Hall–Kier alpha value is -1.10. The predicted molar refractivity (Wildman–Crippen MR) is 53.5 cm³/mol. The minimum absolute atomic E-state index is 0.00764. The summed E-state index contributed by atoms with van der Waals surface area (Å²) in [6, 6.07) is 0. The first kappa shape index (κ1) is 12.0. The van der Waals surface area contributed by atoms with Crippen molar-refractivity contribution in [2.24, 2.45) is 0 Å². The third kappa shape index (κ3) is 3.51. The Morgan fingerprint density at radius 3 is 2.73 bits per heavy atom. The van der Waals surface area contributed by atoms with Crippen LogP contribution in [-0.2, 0) is 14.3 Å². The molecule has 1 rings (SSSR count). The number of aliphatic carboxylic acids is 1. The topological polar surface area (TPSA) is 66.8 Å². The van der Waals surface area contributed by atoms with Gasteiger partial charge in [0.2, 0.25) is 0 Å². The van der Waals surface area contributed by atoms with Gasteiger partial charge in [0.15, 0.2) is 0 Å². The predicted octanol–water partition coefficient (Wildman–Crippen LogP) is 0.489. The summed E-state index contributed by atoms with van der Waals surface area (Å²) in [5, 5.41) is 8.54. The molecule has 1 aliphatic rings. The van der Waals surface area contributed by atoms with E-state index in [1.807, 2.05) is 6.92 Å². The molecule has 1 atom stereocenters. The Morgan fingerprint density at radius 2 is 2.27 bits per heavy atom. The van der Waals surface area contributed by atoms with Gasteiger partial charge in [-0.05, 0) is 19.8 Å². The second kappa shape index (κ2) is 5.70. The number of hydrogen-bond donors (Lipinski definition) is 1. The molecule has 0 radical (unpaired) electrons. The molecule has 0 spiro atoms. The van der Waals surface area contributed by atoms with Crippen LogP contribution >= 0.6 is 0 Å². The zero-order valence-electron chi connectivity index (χ0n) is 8.94. The summed E-state index contributed by atoms with van der Waals surface area (Å²) in [5.41, 5.74) is 0. The number of nitrogens with zero attached hydrogens (tertiary/aromatic N) is 1. The maximum atomic E-state index is 11.8. The molecule has 15 heavy (non-hydrogen) atoms. The molecule has 1 fully saturated rings. The highest BCUT2D eigenvalue weighted by Gasteiger charge is 2.27. The lowest BCUT2D eigenvalue weighted by Gasteiger charge is -2.22. The van der Waals surface area contributed by atoms with Gasteiger partial charge < -0.3 is 14.7 Å². The summed E-state index contributed by atoms with van der Waals surface area (Å²) in [6.07, 6.45) is 1.31. The van der Waals surface area contributed by atoms with E-state index < -0.39 is 5.97 Å². The van der Waals surface area contributed by atoms with Gasteiger partial charge >= 0.3 is 5.97 Å². The molecule has 1 aliphatic heterocycles. The van der Waals surface area contributed by atoms with Crippen LogP contribution in [-0.4, -0.2) is 47.7 Å². The highest BCUT2D eigenvalue weighted by Crippen LogP contribution is 2.14. The fourth-order valence-corrected chi connectivity index (χ4v) is 1.63. The van der Waals surface area contributed by atoms with Crippen molar-refractivity contribution in [1.82, 2.24) is 4.90 Å². The van der Waals surface area contributed by atoms with Crippen LogP contribution in [0.15, 0.2) is 0 Å². The van der Waals surface area contributed by atoms with Crippen molar-refractivity contribution < 1.29 is 19.4 Å². The van der Waals surface area contributed by atoms with Gasteiger partial charge in [0.05, 0.1) is 6.42 Å². The fourth-order valence-electron chi connectivity index (χ4n) is 1.63. The van der Waals surface area contributed by atoms with Gasteiger partial charge in [0.1, 0.15) is 6.10 Å². The first-order valence-electron chi connectivity index (χ1n) is 5.27. The second-order valence-electron chi connectivity index (χ2n) is 3.56. The molecule has 0 aromatic carbocycles. The van der Waals surface area contributed by atoms with E-state index in [9.17, 15) is 9.59 Å². The zero-order chi connectivity index (χ0) is 11.3. The first-order valence-corrected chi connectivity index (χ1v) is 5.27. The van der Waals surface area contributed by atoms with Gasteiger partial charge in [-0.2, -0.15) is 0 Å². The normalized spacial score (nSPS) is 20.2. The summed E-state index contributed by atoms with van der Waals surface area (Å²) in [6.45, 7) is 3.28. The Labute approximate surface area is 89.0 Å². The molecule has 1 N–H and O–H groups in total. The van der Waals surface area contributed by atoms with Crippen molar-refractivity contribution in [3.05, 3.63) is 0 Å². The van der Waals surface area contributed by atoms with E-state index in [2.05, 4.69) is 0 Å². The molecule has 5 nitrogen and oxygen atoms in total. The number of likely N-dealkylation sites (N-methyl/N-ethyl adjacent to an activating group) is 1. The van der Waals surface area contributed by atoms with E-state index in [0.29, 0.717) is 13.2 Å². The maximum Gasteiger partial charge on any atom is 0.305 e. The molecule has 0 aromatic rings. The van der Waals surface area contributed by atoms with Crippen molar-refractivity contribution in [1.29, 1.82) is 0 Å². The summed E-state index contributed by atoms with van der Waals surface area (Å²) < 4.78 is 5.27. The van der Waals surface area contributed by atoms with Gasteiger partial charge in [-0.15, -0.1) is 0 Å². The van der Waals surface area contributed by atoms with Crippen LogP contribution in [0.3, 0.4) is 0 Å². The molecule has 1 heterocycles. The van der Waals surface area contributed by atoms with Gasteiger partial charge in [-0.3, -0.25) is 9.59 Å². The van der Waals surface area contributed by atoms with Gasteiger partial charge in [-0.1, -0.05) is 0 Å². The SMILES string of the molecule is CCN(CCC(=O)O)C(=O)[C@H]1CCCO1. The molecule has 0 unspecified atom stereocenters. The van der Waals surface area contributed by atoms with Crippen LogP contribution in [0, 0.1) is 0 Å². The Kier molecular flexibility index (Phi) is 4.55. The summed E-state index contributed by atoms with van der Waals surface area (Å²) >= 11 is 0. The number of carboxylic acids is 1. The molecule has 1 amide bonds. The Balaban J connectivity index is 2.42. The van der Waals surface area contributed by atoms with E-state index in [4.69, 9.17) is 9.84 Å². The lowest BCUT2D eigenvalue weighted by molar-refractivity contribution is -0.142. The van der Waals surface area contributed by atoms with E-state index in [1.165, 1.54) is 0 Å². The average Bonchev–Trinajstić information content (AvgIpc) is 2.70. The fraction of sp³-hybridized carbons (Fsp3) is 0.800. The summed E-state index contributed by atoms with van der Waals surface area (Å²) in [7, 11) is 0. The highest BCUT2D eigenvalue weighted by atomic mass is 16.5. The summed E-state index contributed by atoms with van der Waals surface area (Å²) in [5.74, 6) is -0.954. The maximum absolute atomic E-state index is 11.8. The third-order valence-electron chi connectivity index (χ3n) is 2.49. The highest BCUT2D eigenvalue weighted by molar-refractivity contribution is 5.81. The van der Waals surface area contributed by atoms with Crippen molar-refractivity contribution in [2.45, 2.75) is 32.3 Å². The molecule has 0 aromatic heterocycles. The van der Waals surface area contributed by atoms with Crippen LogP contribution in [0.5, 0.6) is 0 Å². The van der Waals surface area contributed by atoms with Gasteiger partial charge in [-0.25, -0.2) is 0 Å². The van der Waals surface area contributed by atoms with E-state index in [0.717, 1.165) is 12.8 Å². The van der Waals surface area contributed by atoms with E-state index >= 15 is 0 Å². The molecular weight excluding hydrogens is 198 g/mol. The summed E-state index contributed by atoms with van der Waals surface area (Å²) in [4.78, 5) is 23.7. The molecule has 5 heteroatoms. The second-order valence-corrected chi connectivity index (χ2v) is 3.56. The smallest absolute Gasteiger partial charge is 0.305 e. The molecule has 1 saturated heterocycles. The molecule has 0 bridgehead atoms. The Bertz CT molecular complexity index is 236.